The van der Waals surface area contributed by atoms with E-state index in [1.54, 1.807) is 24.4 Å². The average molecular weight is 320 g/mol. The number of hydrogen-bond acceptors (Lipinski definition) is 5. The Morgan fingerprint density at radius 1 is 1.09 bits per heavy atom. The van der Waals surface area contributed by atoms with Crippen molar-refractivity contribution in [1.82, 2.24) is 19.7 Å². The first-order valence-electron chi connectivity index (χ1n) is 6.52. The summed E-state index contributed by atoms with van der Waals surface area (Å²) in [6.45, 7) is 0. The molecule has 118 valence electrons. The van der Waals surface area contributed by atoms with Crippen LogP contribution in [0.2, 0.25) is 0 Å². The maximum absolute atomic E-state index is 12.7. The molecule has 0 aliphatic carbocycles. The molecule has 0 aliphatic rings. The van der Waals surface area contributed by atoms with Crippen LogP contribution < -0.4 is 11.1 Å². The monoisotopic (exact) mass is 320 g/mol. The number of hydrogen-bond donors (Lipinski definition) is 2. The van der Waals surface area contributed by atoms with Crippen molar-refractivity contribution in [1.29, 1.82) is 0 Å². The first-order valence-corrected chi connectivity index (χ1v) is 6.52. The Balaban J connectivity index is 1.87. The highest BCUT2D eigenvalue weighted by Crippen LogP contribution is 2.31. The fraction of sp³-hybridized carbons (Fsp3) is 0.0714. The van der Waals surface area contributed by atoms with E-state index in [0.717, 1.165) is 12.1 Å². The molecule has 0 saturated heterocycles. The van der Waals surface area contributed by atoms with Crippen molar-refractivity contribution in [3.8, 4) is 5.82 Å². The van der Waals surface area contributed by atoms with Gasteiger partial charge in [-0.2, -0.15) is 22.8 Å². The first kappa shape index (κ1) is 14.8. The molecule has 2 heterocycles. The number of nitrogens with zero attached hydrogens (tertiary/aromatic N) is 4. The number of pyridine rings is 1. The zero-order valence-electron chi connectivity index (χ0n) is 11.6. The molecule has 0 radical (unpaired) electrons. The second-order valence-electron chi connectivity index (χ2n) is 4.60. The molecule has 0 fully saturated rings. The summed E-state index contributed by atoms with van der Waals surface area (Å²) >= 11 is 0. The lowest BCUT2D eigenvalue weighted by Crippen LogP contribution is -2.05. The smallest absolute Gasteiger partial charge is 0.368 e. The van der Waals surface area contributed by atoms with Crippen LogP contribution in [0.4, 0.5) is 30.8 Å². The maximum Gasteiger partial charge on any atom is 0.416 e. The van der Waals surface area contributed by atoms with Crippen LogP contribution in [-0.2, 0) is 6.18 Å². The van der Waals surface area contributed by atoms with Gasteiger partial charge in [-0.3, -0.25) is 0 Å². The SMILES string of the molecule is Nc1nc(Nc2cccc(C(F)(F)F)c2)nn1-c1ccccn1. The van der Waals surface area contributed by atoms with E-state index >= 15 is 0 Å². The van der Waals surface area contributed by atoms with Gasteiger partial charge in [0.05, 0.1) is 5.56 Å². The van der Waals surface area contributed by atoms with Crippen molar-refractivity contribution in [3.63, 3.8) is 0 Å². The summed E-state index contributed by atoms with van der Waals surface area (Å²) in [5.74, 6) is 0.597. The Labute approximate surface area is 128 Å². The second kappa shape index (κ2) is 5.59. The van der Waals surface area contributed by atoms with Gasteiger partial charge in [0.1, 0.15) is 0 Å². The van der Waals surface area contributed by atoms with Gasteiger partial charge in [0.2, 0.25) is 11.9 Å². The highest BCUT2D eigenvalue weighted by atomic mass is 19.4. The summed E-state index contributed by atoms with van der Waals surface area (Å²) in [5.41, 5.74) is 5.20. The zero-order valence-corrected chi connectivity index (χ0v) is 11.6. The van der Waals surface area contributed by atoms with Gasteiger partial charge in [0, 0.05) is 11.9 Å². The number of rotatable bonds is 3. The van der Waals surface area contributed by atoms with Gasteiger partial charge in [-0.15, -0.1) is 5.10 Å². The molecule has 1 aromatic carbocycles. The van der Waals surface area contributed by atoms with Crippen molar-refractivity contribution < 1.29 is 13.2 Å². The van der Waals surface area contributed by atoms with Crippen molar-refractivity contribution >= 4 is 17.6 Å². The molecule has 3 rings (SSSR count). The minimum absolute atomic E-state index is 0.0678. The Hall–Kier alpha value is -3.10. The highest BCUT2D eigenvalue weighted by molar-refractivity contribution is 5.56. The first-order chi connectivity index (χ1) is 10.9. The Morgan fingerprint density at radius 2 is 1.91 bits per heavy atom. The van der Waals surface area contributed by atoms with Gasteiger partial charge in [0.25, 0.3) is 0 Å². The van der Waals surface area contributed by atoms with Crippen LogP contribution in [0.5, 0.6) is 0 Å². The predicted octanol–water partition coefficient (Wildman–Crippen LogP) is 3.01. The molecule has 3 N–H and O–H groups in total. The van der Waals surface area contributed by atoms with Gasteiger partial charge in [-0.05, 0) is 30.3 Å². The van der Waals surface area contributed by atoms with Crippen LogP contribution in [-0.4, -0.2) is 19.7 Å². The zero-order chi connectivity index (χ0) is 16.4. The second-order valence-corrected chi connectivity index (χ2v) is 4.60. The number of benzene rings is 1. The number of nitrogen functional groups attached to an aromatic ring is 1. The van der Waals surface area contributed by atoms with E-state index in [9.17, 15) is 13.2 Å². The lowest BCUT2D eigenvalue weighted by molar-refractivity contribution is -0.137. The Kier molecular flexibility index (Phi) is 3.61. The molecule has 0 amide bonds. The third-order valence-corrected chi connectivity index (χ3v) is 2.94. The van der Waals surface area contributed by atoms with E-state index in [-0.39, 0.29) is 17.6 Å². The van der Waals surface area contributed by atoms with E-state index in [1.165, 1.54) is 16.8 Å². The van der Waals surface area contributed by atoms with Crippen molar-refractivity contribution in [2.75, 3.05) is 11.1 Å². The summed E-state index contributed by atoms with van der Waals surface area (Å²) in [5, 5.41) is 6.79. The van der Waals surface area contributed by atoms with Gasteiger partial charge in [-0.25, -0.2) is 4.98 Å². The molecule has 0 unspecified atom stereocenters. The number of alkyl halides is 3. The van der Waals surface area contributed by atoms with Gasteiger partial charge in [0.15, 0.2) is 5.82 Å². The number of halogens is 3. The van der Waals surface area contributed by atoms with Crippen molar-refractivity contribution in [2.24, 2.45) is 0 Å². The third-order valence-electron chi connectivity index (χ3n) is 2.94. The van der Waals surface area contributed by atoms with Gasteiger partial charge >= 0.3 is 6.18 Å². The molecule has 3 aromatic rings. The number of anilines is 3. The van der Waals surface area contributed by atoms with Crippen LogP contribution in [0.1, 0.15) is 5.56 Å². The fourth-order valence-corrected chi connectivity index (χ4v) is 1.93. The Morgan fingerprint density at radius 3 is 2.61 bits per heavy atom. The molecule has 2 aromatic heterocycles. The maximum atomic E-state index is 12.7. The summed E-state index contributed by atoms with van der Waals surface area (Å²) in [7, 11) is 0. The normalized spacial score (nSPS) is 11.4. The molecule has 23 heavy (non-hydrogen) atoms. The highest BCUT2D eigenvalue weighted by Gasteiger charge is 2.30. The van der Waals surface area contributed by atoms with E-state index in [1.807, 2.05) is 0 Å². The number of nitrogens with one attached hydrogen (secondary N) is 1. The summed E-state index contributed by atoms with van der Waals surface area (Å²) < 4.78 is 39.4. The van der Waals surface area contributed by atoms with E-state index in [2.05, 4.69) is 20.4 Å². The fourth-order valence-electron chi connectivity index (χ4n) is 1.93. The van der Waals surface area contributed by atoms with Crippen molar-refractivity contribution in [3.05, 3.63) is 54.2 Å². The lowest BCUT2D eigenvalue weighted by Gasteiger charge is -2.08. The minimum atomic E-state index is -4.42. The summed E-state index contributed by atoms with van der Waals surface area (Å²) in [6, 6.07) is 9.90. The average Bonchev–Trinajstić information content (AvgIpc) is 2.88. The van der Waals surface area contributed by atoms with Crippen molar-refractivity contribution in [2.45, 2.75) is 6.18 Å². The van der Waals surface area contributed by atoms with E-state index in [0.29, 0.717) is 5.82 Å². The Bertz CT molecular complexity index is 813. The molecule has 0 spiro atoms. The lowest BCUT2D eigenvalue weighted by atomic mass is 10.2. The quantitative estimate of drug-likeness (QED) is 0.775. The molecule has 0 aliphatic heterocycles. The standard InChI is InChI=1S/C14H11F3N6/c15-14(16,17)9-4-3-5-10(8-9)20-13-21-12(18)23(22-13)11-6-1-2-7-19-11/h1-8H,(H3,18,20,21,22). The van der Waals surface area contributed by atoms with Gasteiger partial charge in [-0.1, -0.05) is 12.1 Å². The number of aromatic nitrogens is 4. The molecule has 0 saturated carbocycles. The largest absolute Gasteiger partial charge is 0.416 e. The van der Waals surface area contributed by atoms with Crippen LogP contribution in [0, 0.1) is 0 Å². The third kappa shape index (κ3) is 3.23. The van der Waals surface area contributed by atoms with Crippen LogP contribution in [0.15, 0.2) is 48.7 Å². The van der Waals surface area contributed by atoms with Crippen LogP contribution >= 0.6 is 0 Å². The van der Waals surface area contributed by atoms with Gasteiger partial charge < -0.3 is 11.1 Å². The minimum Gasteiger partial charge on any atom is -0.368 e. The summed E-state index contributed by atoms with van der Waals surface area (Å²) in [4.78, 5) is 8.05. The molecule has 0 atom stereocenters. The van der Waals surface area contributed by atoms with E-state index in [4.69, 9.17) is 5.73 Å². The van der Waals surface area contributed by atoms with Crippen LogP contribution in [0.25, 0.3) is 5.82 Å². The molecular weight excluding hydrogens is 309 g/mol. The summed E-state index contributed by atoms with van der Waals surface area (Å²) in [6.07, 6.45) is -2.85. The number of nitrogens with two attached hydrogens (primary N) is 1. The van der Waals surface area contributed by atoms with Crippen LogP contribution in [0.3, 0.4) is 0 Å². The molecule has 6 nitrogen and oxygen atoms in total. The molecule has 9 heteroatoms. The predicted molar refractivity (Wildman–Crippen MR) is 78.3 cm³/mol. The molecule has 0 bridgehead atoms. The van der Waals surface area contributed by atoms with E-state index < -0.39 is 11.7 Å². The molecular formula is C14H11F3N6. The topological polar surface area (TPSA) is 81.6 Å².